The first-order valence-corrected chi connectivity index (χ1v) is 5.04. The second-order valence-electron chi connectivity index (χ2n) is 2.76. The number of aliphatic hydroxyl groups excluding tert-OH is 1. The predicted octanol–water partition coefficient (Wildman–Crippen LogP) is 1.30. The standard InChI is InChI=1S/C8H10BrF2N3O/c9-6-3-8(13-5-12-6)14(1-2-15)4-7(10)11/h3,5,7,15H,1-2,4H2. The summed E-state index contributed by atoms with van der Waals surface area (Å²) in [5.74, 6) is 0.367. The first-order valence-electron chi connectivity index (χ1n) is 4.25. The van der Waals surface area contributed by atoms with Gasteiger partial charge in [-0.15, -0.1) is 0 Å². The van der Waals surface area contributed by atoms with Crippen molar-refractivity contribution in [3.05, 3.63) is 17.0 Å². The number of hydrogen-bond acceptors (Lipinski definition) is 4. The minimum atomic E-state index is -2.47. The van der Waals surface area contributed by atoms with E-state index in [1.807, 2.05) is 0 Å². The Hall–Kier alpha value is -0.820. The Morgan fingerprint density at radius 2 is 2.20 bits per heavy atom. The molecule has 0 spiro atoms. The number of hydrogen-bond donors (Lipinski definition) is 1. The summed E-state index contributed by atoms with van der Waals surface area (Å²) < 4.78 is 25.0. The molecule has 1 N–H and O–H groups in total. The van der Waals surface area contributed by atoms with Crippen LogP contribution in [0.2, 0.25) is 0 Å². The highest BCUT2D eigenvalue weighted by Crippen LogP contribution is 2.15. The zero-order valence-corrected chi connectivity index (χ0v) is 9.36. The summed E-state index contributed by atoms with van der Waals surface area (Å²) in [4.78, 5) is 8.95. The summed E-state index contributed by atoms with van der Waals surface area (Å²) in [5.41, 5.74) is 0. The second-order valence-corrected chi connectivity index (χ2v) is 3.57. The molecule has 4 nitrogen and oxygen atoms in total. The Kier molecular flexibility index (Phi) is 4.83. The van der Waals surface area contributed by atoms with Gasteiger partial charge in [-0.25, -0.2) is 18.7 Å². The lowest BCUT2D eigenvalue weighted by molar-refractivity contribution is 0.152. The van der Waals surface area contributed by atoms with Crippen LogP contribution < -0.4 is 4.90 Å². The van der Waals surface area contributed by atoms with Gasteiger partial charge in [0.05, 0.1) is 13.2 Å². The molecule has 0 radical (unpaired) electrons. The van der Waals surface area contributed by atoms with Crippen molar-refractivity contribution in [3.63, 3.8) is 0 Å². The van der Waals surface area contributed by atoms with E-state index in [1.54, 1.807) is 0 Å². The maximum atomic E-state index is 12.2. The van der Waals surface area contributed by atoms with Crippen LogP contribution >= 0.6 is 15.9 Å². The molecule has 0 aliphatic carbocycles. The number of nitrogens with zero attached hydrogens (tertiary/aromatic N) is 3. The molecule has 0 aliphatic heterocycles. The van der Waals surface area contributed by atoms with Gasteiger partial charge in [0.25, 0.3) is 6.43 Å². The third-order valence-electron chi connectivity index (χ3n) is 1.67. The van der Waals surface area contributed by atoms with Gasteiger partial charge in [0.1, 0.15) is 16.7 Å². The summed E-state index contributed by atoms with van der Waals surface area (Å²) in [5, 5.41) is 8.74. The van der Waals surface area contributed by atoms with Crippen LogP contribution in [0.4, 0.5) is 14.6 Å². The monoisotopic (exact) mass is 281 g/mol. The van der Waals surface area contributed by atoms with E-state index in [1.165, 1.54) is 17.3 Å². The molecule has 84 valence electrons. The van der Waals surface area contributed by atoms with E-state index in [-0.39, 0.29) is 13.2 Å². The first kappa shape index (κ1) is 12.3. The van der Waals surface area contributed by atoms with Crippen LogP contribution in [0.5, 0.6) is 0 Å². The molecular formula is C8H10BrF2N3O. The lowest BCUT2D eigenvalue weighted by Crippen LogP contribution is -2.32. The van der Waals surface area contributed by atoms with E-state index < -0.39 is 13.0 Å². The smallest absolute Gasteiger partial charge is 0.255 e. The van der Waals surface area contributed by atoms with E-state index in [2.05, 4.69) is 25.9 Å². The van der Waals surface area contributed by atoms with E-state index >= 15 is 0 Å². The van der Waals surface area contributed by atoms with E-state index in [9.17, 15) is 8.78 Å². The molecule has 1 rings (SSSR count). The van der Waals surface area contributed by atoms with Gasteiger partial charge in [-0.05, 0) is 15.9 Å². The summed E-state index contributed by atoms with van der Waals surface area (Å²) >= 11 is 3.12. The van der Waals surface area contributed by atoms with Crippen molar-refractivity contribution in [1.29, 1.82) is 0 Å². The van der Waals surface area contributed by atoms with Crippen molar-refractivity contribution in [2.45, 2.75) is 6.43 Å². The highest BCUT2D eigenvalue weighted by molar-refractivity contribution is 9.10. The molecule has 0 fully saturated rings. The number of rotatable bonds is 5. The maximum Gasteiger partial charge on any atom is 0.255 e. The van der Waals surface area contributed by atoms with Gasteiger partial charge in [-0.3, -0.25) is 0 Å². The Morgan fingerprint density at radius 1 is 1.47 bits per heavy atom. The maximum absolute atomic E-state index is 12.2. The fourth-order valence-electron chi connectivity index (χ4n) is 1.08. The lowest BCUT2D eigenvalue weighted by Gasteiger charge is -2.21. The number of aromatic nitrogens is 2. The van der Waals surface area contributed by atoms with Gasteiger partial charge in [0.2, 0.25) is 0 Å². The highest BCUT2D eigenvalue weighted by Gasteiger charge is 2.13. The summed E-state index contributed by atoms with van der Waals surface area (Å²) in [6.07, 6.45) is -1.19. The van der Waals surface area contributed by atoms with Crippen molar-refractivity contribution >= 4 is 21.7 Å². The predicted molar refractivity (Wildman–Crippen MR) is 55.0 cm³/mol. The molecule has 0 bridgehead atoms. The van der Waals surface area contributed by atoms with Gasteiger partial charge in [-0.1, -0.05) is 0 Å². The molecule has 1 aromatic rings. The van der Waals surface area contributed by atoms with Crippen molar-refractivity contribution in [1.82, 2.24) is 9.97 Å². The fourth-order valence-corrected chi connectivity index (χ4v) is 1.38. The average Bonchev–Trinajstić information content (AvgIpc) is 2.16. The molecule has 0 atom stereocenters. The zero-order valence-electron chi connectivity index (χ0n) is 7.78. The van der Waals surface area contributed by atoms with Crippen LogP contribution in [0, 0.1) is 0 Å². The van der Waals surface area contributed by atoms with E-state index in [0.29, 0.717) is 10.4 Å². The zero-order chi connectivity index (χ0) is 11.3. The normalized spacial score (nSPS) is 10.7. The molecule has 0 aromatic carbocycles. The van der Waals surface area contributed by atoms with Gasteiger partial charge in [0.15, 0.2) is 0 Å². The van der Waals surface area contributed by atoms with Crippen LogP contribution in [0.15, 0.2) is 17.0 Å². The molecule has 0 aliphatic rings. The Balaban J connectivity index is 2.78. The SMILES string of the molecule is OCCN(CC(F)F)c1cc(Br)ncn1. The number of halogens is 3. The van der Waals surface area contributed by atoms with Gasteiger partial charge in [0, 0.05) is 12.6 Å². The first-order chi connectivity index (χ1) is 7.13. The molecule has 0 saturated carbocycles. The minimum absolute atomic E-state index is 0.119. The largest absolute Gasteiger partial charge is 0.395 e. The van der Waals surface area contributed by atoms with Crippen LogP contribution in [-0.2, 0) is 0 Å². The van der Waals surface area contributed by atoms with Crippen LogP contribution in [0.1, 0.15) is 0 Å². The van der Waals surface area contributed by atoms with Crippen molar-refractivity contribution in [2.24, 2.45) is 0 Å². The van der Waals surface area contributed by atoms with E-state index in [4.69, 9.17) is 5.11 Å². The molecular weight excluding hydrogens is 272 g/mol. The summed E-state index contributed by atoms with van der Waals surface area (Å²) in [6, 6.07) is 1.53. The average molecular weight is 282 g/mol. The fraction of sp³-hybridized carbons (Fsp3) is 0.500. The summed E-state index contributed by atoms with van der Waals surface area (Å²) in [7, 11) is 0. The van der Waals surface area contributed by atoms with E-state index in [0.717, 1.165) is 0 Å². The molecule has 0 amide bonds. The Bertz CT molecular complexity index is 314. The van der Waals surface area contributed by atoms with Crippen molar-refractivity contribution in [2.75, 3.05) is 24.6 Å². The van der Waals surface area contributed by atoms with Crippen LogP contribution in [0.25, 0.3) is 0 Å². The van der Waals surface area contributed by atoms with Crippen molar-refractivity contribution in [3.8, 4) is 0 Å². The molecule has 1 heterocycles. The molecule has 7 heteroatoms. The highest BCUT2D eigenvalue weighted by atomic mass is 79.9. The Labute approximate surface area is 94.1 Å². The van der Waals surface area contributed by atoms with Crippen LogP contribution in [-0.4, -0.2) is 41.2 Å². The quantitative estimate of drug-likeness (QED) is 0.827. The minimum Gasteiger partial charge on any atom is -0.395 e. The number of alkyl halides is 2. The molecule has 1 aromatic heterocycles. The Morgan fingerprint density at radius 3 is 2.73 bits per heavy atom. The van der Waals surface area contributed by atoms with Gasteiger partial charge < -0.3 is 10.0 Å². The molecule has 0 unspecified atom stereocenters. The van der Waals surface area contributed by atoms with Gasteiger partial charge >= 0.3 is 0 Å². The topological polar surface area (TPSA) is 49.2 Å². The third-order valence-corrected chi connectivity index (χ3v) is 2.11. The number of anilines is 1. The second kappa shape index (κ2) is 5.92. The van der Waals surface area contributed by atoms with Crippen molar-refractivity contribution < 1.29 is 13.9 Å². The van der Waals surface area contributed by atoms with Crippen LogP contribution in [0.3, 0.4) is 0 Å². The lowest BCUT2D eigenvalue weighted by atomic mass is 10.4. The molecule has 15 heavy (non-hydrogen) atoms. The summed E-state index contributed by atoms with van der Waals surface area (Å²) in [6.45, 7) is -0.536. The number of aliphatic hydroxyl groups is 1. The van der Waals surface area contributed by atoms with Gasteiger partial charge in [-0.2, -0.15) is 0 Å². The molecule has 0 saturated heterocycles. The third kappa shape index (κ3) is 4.05.